The number of rotatable bonds is 3. The molecule has 1 aliphatic heterocycles. The van der Waals surface area contributed by atoms with Crippen molar-refractivity contribution in [3.8, 4) is 29.0 Å². The van der Waals surface area contributed by atoms with Gasteiger partial charge >= 0.3 is 0 Å². The van der Waals surface area contributed by atoms with E-state index >= 15 is 0 Å². The van der Waals surface area contributed by atoms with Crippen LogP contribution >= 0.6 is 0 Å². The molecule has 0 spiro atoms. The third-order valence-electron chi connectivity index (χ3n) is 4.69. The number of nitrogens with zero attached hydrogens (tertiary/aromatic N) is 3. The van der Waals surface area contributed by atoms with E-state index in [1.807, 2.05) is 30.1 Å². The van der Waals surface area contributed by atoms with Crippen LogP contribution in [-0.4, -0.2) is 33.9 Å². The molecule has 0 N–H and O–H groups in total. The molecule has 5 nitrogen and oxygen atoms in total. The van der Waals surface area contributed by atoms with E-state index in [0.717, 1.165) is 48.8 Å². The monoisotopic (exact) mass is 365 g/mol. The molecule has 0 amide bonds. The number of hydrogen-bond donors (Lipinski definition) is 0. The fourth-order valence-electron chi connectivity index (χ4n) is 2.80. The summed E-state index contributed by atoms with van der Waals surface area (Å²) in [6, 6.07) is 2.00. The predicted octanol–water partition coefficient (Wildman–Crippen LogP) is 3.97. The molecule has 5 rings (SSSR count). The Balaban J connectivity index is 0.000000257. The Hall–Kier alpha value is -2.32. The van der Waals surface area contributed by atoms with E-state index in [2.05, 4.69) is 21.8 Å². The van der Waals surface area contributed by atoms with Gasteiger partial charge in [-0.3, -0.25) is 0 Å². The topological polar surface area (TPSA) is 49.2 Å². The zero-order valence-corrected chi connectivity index (χ0v) is 16.0. The molecule has 0 bridgehead atoms. The van der Waals surface area contributed by atoms with Gasteiger partial charge in [-0.2, -0.15) is 0 Å². The molecule has 3 heterocycles. The zero-order chi connectivity index (χ0) is 18.5. The predicted molar refractivity (Wildman–Crippen MR) is 104 cm³/mol. The first-order valence-electron chi connectivity index (χ1n) is 10.0. The van der Waals surface area contributed by atoms with Gasteiger partial charge in [0.05, 0.1) is 12.4 Å². The van der Waals surface area contributed by atoms with Crippen molar-refractivity contribution in [3.05, 3.63) is 30.4 Å². The van der Waals surface area contributed by atoms with E-state index in [1.54, 1.807) is 6.33 Å². The van der Waals surface area contributed by atoms with Crippen molar-refractivity contribution in [1.29, 1.82) is 0 Å². The molecule has 142 valence electrons. The van der Waals surface area contributed by atoms with Crippen LogP contribution in [0.25, 0.3) is 11.4 Å². The van der Waals surface area contributed by atoms with Gasteiger partial charge in [0, 0.05) is 44.1 Å². The van der Waals surface area contributed by atoms with Crippen molar-refractivity contribution in [3.63, 3.8) is 0 Å². The van der Waals surface area contributed by atoms with Crippen LogP contribution in [-0.2, 0) is 11.8 Å². The van der Waals surface area contributed by atoms with Crippen molar-refractivity contribution in [2.45, 2.75) is 51.0 Å². The fraction of sp³-hybridized carbons (Fsp3) is 0.545. The summed E-state index contributed by atoms with van der Waals surface area (Å²) in [4.78, 5) is 8.91. The van der Waals surface area contributed by atoms with Gasteiger partial charge in [-0.25, -0.2) is 9.97 Å². The van der Waals surface area contributed by atoms with Crippen molar-refractivity contribution in [1.82, 2.24) is 14.5 Å². The van der Waals surface area contributed by atoms with Crippen LogP contribution < -0.4 is 4.74 Å². The van der Waals surface area contributed by atoms with E-state index in [1.165, 1.54) is 32.1 Å². The maximum atomic E-state index is 6.00. The quantitative estimate of drug-likeness (QED) is 0.772. The van der Waals surface area contributed by atoms with Gasteiger partial charge in [0.25, 0.3) is 0 Å². The Morgan fingerprint density at radius 2 is 1.93 bits per heavy atom. The third-order valence-corrected chi connectivity index (χ3v) is 4.69. The highest BCUT2D eigenvalue weighted by atomic mass is 16.5. The van der Waals surface area contributed by atoms with Crippen LogP contribution in [0.4, 0.5) is 0 Å². The van der Waals surface area contributed by atoms with Gasteiger partial charge in [-0.05, 0) is 51.0 Å². The van der Waals surface area contributed by atoms with Crippen molar-refractivity contribution in [2.24, 2.45) is 13.0 Å². The van der Waals surface area contributed by atoms with Crippen LogP contribution in [0.5, 0.6) is 5.75 Å². The molecule has 0 radical (unpaired) electrons. The van der Waals surface area contributed by atoms with Gasteiger partial charge in [-0.1, -0.05) is 11.8 Å². The molecule has 2 aliphatic carbocycles. The van der Waals surface area contributed by atoms with E-state index in [9.17, 15) is 0 Å². The second-order valence-corrected chi connectivity index (χ2v) is 7.53. The van der Waals surface area contributed by atoms with E-state index < -0.39 is 0 Å². The lowest BCUT2D eigenvalue weighted by molar-refractivity contribution is 0.0968. The molecule has 2 aromatic heterocycles. The maximum Gasteiger partial charge on any atom is 0.148 e. The molecular formula is C22H27N3O2. The average Bonchev–Trinajstić information content (AvgIpc) is 3.63. The number of pyridine rings is 1. The summed E-state index contributed by atoms with van der Waals surface area (Å²) >= 11 is 0. The van der Waals surface area contributed by atoms with Crippen LogP contribution in [0, 0.1) is 17.8 Å². The standard InChI is InChI=1S/C17H17N3O.C5H10O/c1-20-10-15(19-11-20)17-16(21-14-6-7-14)8-13(9-18-17)5-4-12-2-3-12;1-2-4-6-5-3-1/h8-12,14H,2-3,6-7H2,1H3;1-5H2. The number of imidazole rings is 1. The maximum absolute atomic E-state index is 6.00. The van der Waals surface area contributed by atoms with Crippen LogP contribution in [0.2, 0.25) is 0 Å². The summed E-state index contributed by atoms with van der Waals surface area (Å²) in [5, 5.41) is 0. The Morgan fingerprint density at radius 1 is 1.11 bits per heavy atom. The molecule has 3 fully saturated rings. The minimum Gasteiger partial charge on any atom is -0.488 e. The second-order valence-electron chi connectivity index (χ2n) is 7.53. The minimum atomic E-state index is 0.334. The van der Waals surface area contributed by atoms with Gasteiger partial charge in [-0.15, -0.1) is 0 Å². The number of ether oxygens (including phenoxy) is 2. The molecule has 1 saturated heterocycles. The highest BCUT2D eigenvalue weighted by molar-refractivity contribution is 5.63. The smallest absolute Gasteiger partial charge is 0.148 e. The lowest BCUT2D eigenvalue weighted by atomic mass is 10.2. The first kappa shape index (κ1) is 18.1. The molecule has 3 aliphatic rings. The summed E-state index contributed by atoms with van der Waals surface area (Å²) in [6.45, 7) is 2.00. The molecule has 2 saturated carbocycles. The Labute approximate surface area is 161 Å². The minimum absolute atomic E-state index is 0.334. The largest absolute Gasteiger partial charge is 0.488 e. The Morgan fingerprint density at radius 3 is 2.48 bits per heavy atom. The molecule has 0 aromatic carbocycles. The zero-order valence-electron chi connectivity index (χ0n) is 16.0. The third kappa shape index (κ3) is 5.58. The van der Waals surface area contributed by atoms with E-state index in [0.29, 0.717) is 12.0 Å². The first-order valence-corrected chi connectivity index (χ1v) is 10.0. The first-order chi connectivity index (χ1) is 13.3. The van der Waals surface area contributed by atoms with Crippen molar-refractivity contribution < 1.29 is 9.47 Å². The van der Waals surface area contributed by atoms with Crippen LogP contribution in [0.15, 0.2) is 24.8 Å². The summed E-state index contributed by atoms with van der Waals surface area (Å²) < 4.78 is 13.0. The average molecular weight is 365 g/mol. The molecule has 0 atom stereocenters. The molecular weight excluding hydrogens is 338 g/mol. The van der Waals surface area contributed by atoms with Gasteiger partial charge < -0.3 is 14.0 Å². The Kier molecular flexibility index (Phi) is 5.74. The SMILES string of the molecule is C1CCOCC1.Cn1cnc(-c2ncc(C#CC3CC3)cc2OC2CC2)c1. The summed E-state index contributed by atoms with van der Waals surface area (Å²) in [5.41, 5.74) is 2.58. The van der Waals surface area contributed by atoms with E-state index in [4.69, 9.17) is 9.47 Å². The normalized spacial score (nSPS) is 18.7. The van der Waals surface area contributed by atoms with Crippen LogP contribution in [0.3, 0.4) is 0 Å². The molecule has 5 heteroatoms. The van der Waals surface area contributed by atoms with E-state index in [-0.39, 0.29) is 0 Å². The summed E-state index contributed by atoms with van der Waals surface area (Å²) in [5.74, 6) is 7.87. The van der Waals surface area contributed by atoms with Gasteiger partial charge in [0.2, 0.25) is 0 Å². The summed E-state index contributed by atoms with van der Waals surface area (Å²) in [7, 11) is 1.95. The van der Waals surface area contributed by atoms with Crippen LogP contribution in [0.1, 0.15) is 50.5 Å². The van der Waals surface area contributed by atoms with Gasteiger partial charge in [0.15, 0.2) is 0 Å². The Bertz CT molecular complexity index is 810. The van der Waals surface area contributed by atoms with Gasteiger partial charge in [0.1, 0.15) is 17.1 Å². The van der Waals surface area contributed by atoms with Crippen molar-refractivity contribution >= 4 is 0 Å². The van der Waals surface area contributed by atoms with Crippen molar-refractivity contribution in [2.75, 3.05) is 13.2 Å². The lowest BCUT2D eigenvalue weighted by Crippen LogP contribution is -2.03. The second kappa shape index (κ2) is 8.58. The summed E-state index contributed by atoms with van der Waals surface area (Å²) in [6.07, 6.45) is 14.5. The number of aryl methyl sites for hydroxylation is 1. The fourth-order valence-corrected chi connectivity index (χ4v) is 2.80. The highest BCUT2D eigenvalue weighted by Crippen LogP contribution is 2.33. The molecule has 27 heavy (non-hydrogen) atoms. The highest BCUT2D eigenvalue weighted by Gasteiger charge is 2.26. The number of aromatic nitrogens is 3. The molecule has 2 aromatic rings. The molecule has 0 unspecified atom stereocenters. The number of hydrogen-bond acceptors (Lipinski definition) is 4. The lowest BCUT2D eigenvalue weighted by Gasteiger charge is -2.09.